The zero-order valence-electron chi connectivity index (χ0n) is 19.4. The molecule has 4 aliphatic carbocycles. The van der Waals surface area contributed by atoms with E-state index in [2.05, 4.69) is 86.8 Å². The highest BCUT2D eigenvalue weighted by molar-refractivity contribution is 7.00. The maximum Gasteiger partial charge on any atom is 0.238 e. The van der Waals surface area contributed by atoms with Gasteiger partial charge in [-0.15, -0.1) is 0 Å². The predicted octanol–water partition coefficient (Wildman–Crippen LogP) is 8.20. The molecule has 0 aromatic carbocycles. The van der Waals surface area contributed by atoms with Crippen LogP contribution in [0.25, 0.3) is 0 Å². The van der Waals surface area contributed by atoms with Crippen molar-refractivity contribution in [2.75, 3.05) is 0 Å². The molecule has 3 heteroatoms. The summed E-state index contributed by atoms with van der Waals surface area (Å²) < 4.78 is 8.01. The monoisotopic (exact) mass is 446 g/mol. The van der Waals surface area contributed by atoms with Crippen molar-refractivity contribution in [1.82, 2.24) is 0 Å². The summed E-state index contributed by atoms with van der Waals surface area (Å²) in [5.74, 6) is 0. The zero-order chi connectivity index (χ0) is 21.6. The van der Waals surface area contributed by atoms with Crippen molar-refractivity contribution < 1.29 is 4.12 Å². The van der Waals surface area contributed by atoms with Gasteiger partial charge in [-0.1, -0.05) is 112 Å². The van der Waals surface area contributed by atoms with Gasteiger partial charge in [-0.25, -0.2) is 0 Å². The van der Waals surface area contributed by atoms with Gasteiger partial charge >= 0.3 is 0 Å². The molecule has 0 fully saturated rings. The highest BCUT2D eigenvalue weighted by Crippen LogP contribution is 2.47. The van der Waals surface area contributed by atoms with Crippen LogP contribution in [0, 0.1) is 0 Å². The molecule has 0 spiro atoms. The molecule has 0 atom stereocenters. The summed E-state index contributed by atoms with van der Waals surface area (Å²) in [5, 5.41) is 6.45. The third-order valence-corrected chi connectivity index (χ3v) is 17.8. The van der Waals surface area contributed by atoms with Crippen LogP contribution in [-0.4, -0.2) is 16.6 Å². The van der Waals surface area contributed by atoms with Gasteiger partial charge in [-0.05, 0) is 58.6 Å². The van der Waals surface area contributed by atoms with E-state index in [1.807, 2.05) is 0 Å². The van der Waals surface area contributed by atoms with E-state index >= 15 is 0 Å². The normalized spacial score (nSPS) is 19.9. The Kier molecular flexibility index (Phi) is 7.47. The van der Waals surface area contributed by atoms with Gasteiger partial charge in [0.2, 0.25) is 16.6 Å². The summed E-state index contributed by atoms with van der Waals surface area (Å²) in [6.45, 7) is 4.66. The first-order valence-electron chi connectivity index (χ1n) is 12.4. The van der Waals surface area contributed by atoms with Crippen molar-refractivity contribution in [3.8, 4) is 0 Å². The Morgan fingerprint density at radius 1 is 0.581 bits per heavy atom. The molecule has 31 heavy (non-hydrogen) atoms. The lowest BCUT2D eigenvalue weighted by atomic mass is 10.4. The third kappa shape index (κ3) is 4.46. The summed E-state index contributed by atoms with van der Waals surface area (Å²) in [4.78, 5) is 0. The molecule has 4 rings (SSSR count). The molecule has 0 bridgehead atoms. The van der Waals surface area contributed by atoms with E-state index in [-0.39, 0.29) is 0 Å². The van der Waals surface area contributed by atoms with Crippen LogP contribution in [0.1, 0.15) is 65.2 Å². The Balaban J connectivity index is 1.83. The molecular formula is C28H38OSi2. The lowest BCUT2D eigenvalue weighted by Crippen LogP contribution is -2.56. The summed E-state index contributed by atoms with van der Waals surface area (Å²) in [5.41, 5.74) is 0. The predicted molar refractivity (Wildman–Crippen MR) is 139 cm³/mol. The standard InChI is InChI=1S/C28H38OSi2/c1-3-5-23-30(25-15-7-8-16-25,26-17-9-10-18-26)29-31(24-6-4-2,27-19-11-12-20-27)28-21-13-14-22-28/h7-15,17,19,21H,3-6,16,18,20,22-24H2,1-2H3. The molecule has 0 aromatic heterocycles. The highest BCUT2D eigenvalue weighted by atomic mass is 28.4. The van der Waals surface area contributed by atoms with Gasteiger partial charge in [0.25, 0.3) is 0 Å². The average Bonchev–Trinajstić information content (AvgIpc) is 3.62. The molecule has 0 unspecified atom stereocenters. The maximum absolute atomic E-state index is 8.01. The molecule has 4 aliphatic rings. The fourth-order valence-electron chi connectivity index (χ4n) is 5.55. The molecular weight excluding hydrogens is 408 g/mol. The second-order valence-corrected chi connectivity index (χ2v) is 17.0. The summed E-state index contributed by atoms with van der Waals surface area (Å²) in [6, 6.07) is 2.46. The summed E-state index contributed by atoms with van der Waals surface area (Å²) in [7, 11) is -4.50. The number of hydrogen-bond donors (Lipinski definition) is 0. The lowest BCUT2D eigenvalue weighted by Gasteiger charge is -2.46. The molecule has 0 aliphatic heterocycles. The van der Waals surface area contributed by atoms with Crippen molar-refractivity contribution in [2.24, 2.45) is 0 Å². The first kappa shape index (κ1) is 22.5. The number of hydrogen-bond acceptors (Lipinski definition) is 1. The SMILES string of the molecule is CCCC[Si](O[Si](CCCC)(C1=CC=CC1)C1=CC=CC1)(C1=CC=CC1)C1=CC=CC1. The maximum atomic E-state index is 8.01. The molecule has 0 saturated heterocycles. The van der Waals surface area contributed by atoms with Crippen LogP contribution in [0.3, 0.4) is 0 Å². The minimum atomic E-state index is -2.25. The third-order valence-electron chi connectivity index (χ3n) is 7.27. The smallest absolute Gasteiger partial charge is 0.238 e. The van der Waals surface area contributed by atoms with E-state index in [9.17, 15) is 0 Å². The van der Waals surface area contributed by atoms with Crippen molar-refractivity contribution >= 4 is 16.6 Å². The van der Waals surface area contributed by atoms with E-state index in [0.29, 0.717) is 0 Å². The van der Waals surface area contributed by atoms with Crippen molar-refractivity contribution in [3.63, 3.8) is 0 Å². The molecule has 0 saturated carbocycles. The van der Waals surface area contributed by atoms with E-state index < -0.39 is 16.6 Å². The van der Waals surface area contributed by atoms with Gasteiger partial charge in [0.15, 0.2) is 0 Å². The fraction of sp³-hybridized carbons (Fsp3) is 0.429. The average molecular weight is 447 g/mol. The van der Waals surface area contributed by atoms with E-state index in [1.165, 1.54) is 37.8 Å². The Labute approximate surface area is 191 Å². The van der Waals surface area contributed by atoms with Crippen LogP contribution in [0.15, 0.2) is 93.7 Å². The van der Waals surface area contributed by atoms with Crippen molar-refractivity contribution in [2.45, 2.75) is 77.3 Å². The van der Waals surface area contributed by atoms with Crippen molar-refractivity contribution in [1.29, 1.82) is 0 Å². The van der Waals surface area contributed by atoms with E-state index in [0.717, 1.165) is 25.7 Å². The van der Waals surface area contributed by atoms with Crippen LogP contribution in [0.4, 0.5) is 0 Å². The summed E-state index contributed by atoms with van der Waals surface area (Å²) in [6.07, 6.45) is 37.5. The van der Waals surface area contributed by atoms with Crippen LogP contribution in [0.5, 0.6) is 0 Å². The Morgan fingerprint density at radius 3 is 1.13 bits per heavy atom. The van der Waals surface area contributed by atoms with Gasteiger partial charge in [0, 0.05) is 0 Å². The first-order chi connectivity index (χ1) is 15.2. The van der Waals surface area contributed by atoms with Gasteiger partial charge < -0.3 is 4.12 Å². The Morgan fingerprint density at radius 2 is 0.903 bits per heavy atom. The molecule has 0 amide bonds. The minimum Gasteiger partial charge on any atom is -0.442 e. The number of unbranched alkanes of at least 4 members (excludes halogenated alkanes) is 2. The minimum absolute atomic E-state index is 1.08. The van der Waals surface area contributed by atoms with Crippen LogP contribution in [0.2, 0.25) is 12.1 Å². The second kappa shape index (κ2) is 10.3. The van der Waals surface area contributed by atoms with Crippen LogP contribution >= 0.6 is 0 Å². The van der Waals surface area contributed by atoms with Gasteiger partial charge in [-0.3, -0.25) is 0 Å². The van der Waals surface area contributed by atoms with Gasteiger partial charge in [0.05, 0.1) is 0 Å². The molecule has 0 heterocycles. The first-order valence-corrected chi connectivity index (χ1v) is 16.6. The topological polar surface area (TPSA) is 9.23 Å². The number of rotatable bonds is 12. The fourth-order valence-corrected chi connectivity index (χ4v) is 17.9. The zero-order valence-corrected chi connectivity index (χ0v) is 21.4. The summed E-state index contributed by atoms with van der Waals surface area (Å²) >= 11 is 0. The molecule has 164 valence electrons. The Bertz CT molecular complexity index is 773. The molecule has 0 radical (unpaired) electrons. The largest absolute Gasteiger partial charge is 0.442 e. The van der Waals surface area contributed by atoms with Crippen LogP contribution < -0.4 is 0 Å². The van der Waals surface area contributed by atoms with Gasteiger partial charge in [-0.2, -0.15) is 0 Å². The number of allylic oxidation sites excluding steroid dienone is 16. The molecule has 0 aromatic rings. The van der Waals surface area contributed by atoms with E-state index in [1.54, 1.807) is 20.8 Å². The lowest BCUT2D eigenvalue weighted by molar-refractivity contribution is 0.530. The van der Waals surface area contributed by atoms with Gasteiger partial charge in [0.1, 0.15) is 0 Å². The quantitative estimate of drug-likeness (QED) is 0.274. The molecule has 1 nitrogen and oxygen atoms in total. The molecule has 0 N–H and O–H groups in total. The van der Waals surface area contributed by atoms with Crippen molar-refractivity contribution in [3.05, 3.63) is 93.7 Å². The van der Waals surface area contributed by atoms with E-state index in [4.69, 9.17) is 4.12 Å². The Hall–Kier alpha value is -1.69. The van der Waals surface area contributed by atoms with Crippen LogP contribution in [-0.2, 0) is 4.12 Å². The second-order valence-electron chi connectivity index (χ2n) is 9.26. The highest BCUT2D eigenvalue weighted by Gasteiger charge is 2.52.